The predicted molar refractivity (Wildman–Crippen MR) is 65.3 cm³/mol. The highest BCUT2D eigenvalue weighted by Crippen LogP contribution is 2.18. The smallest absolute Gasteiger partial charge is 0.394 e. The summed E-state index contributed by atoms with van der Waals surface area (Å²) in [5.41, 5.74) is -0.0468. The average molecular weight is 293 g/mol. The Bertz CT molecular complexity index is 423. The number of ether oxygens (including phenoxy) is 1. The number of alkyl halides is 3. The van der Waals surface area contributed by atoms with Gasteiger partial charge in [0, 0.05) is 6.54 Å². The van der Waals surface area contributed by atoms with Crippen molar-refractivity contribution in [3.8, 4) is 0 Å². The number of carbonyl (C=O) groups excluding carboxylic acids is 1. The van der Waals surface area contributed by atoms with Gasteiger partial charge in [-0.15, -0.1) is 0 Å². The zero-order valence-electron chi connectivity index (χ0n) is 10.4. The molecule has 1 rings (SSSR count). The molecule has 0 atom stereocenters. The van der Waals surface area contributed by atoms with E-state index in [0.29, 0.717) is 19.0 Å². The third-order valence-electron chi connectivity index (χ3n) is 2.07. The van der Waals surface area contributed by atoms with Gasteiger partial charge in [0.15, 0.2) is 0 Å². The lowest BCUT2D eigenvalue weighted by atomic mass is 10.4. The summed E-state index contributed by atoms with van der Waals surface area (Å²) in [6, 6.07) is 2.73. The SMILES string of the molecule is O=C(Nc1ccc(NCCOCCO)nc1)C(F)(F)F. The minimum Gasteiger partial charge on any atom is -0.394 e. The predicted octanol–water partition coefficient (Wildman–Crippen LogP) is 1.00. The van der Waals surface area contributed by atoms with E-state index in [2.05, 4.69) is 10.3 Å². The van der Waals surface area contributed by atoms with Gasteiger partial charge in [-0.2, -0.15) is 13.2 Å². The minimum absolute atomic E-state index is 0.0468. The molecular weight excluding hydrogens is 279 g/mol. The quantitative estimate of drug-likeness (QED) is 0.653. The molecule has 0 saturated carbocycles. The van der Waals surface area contributed by atoms with Gasteiger partial charge in [-0.25, -0.2) is 4.98 Å². The summed E-state index contributed by atoms with van der Waals surface area (Å²) >= 11 is 0. The first kappa shape index (κ1) is 16.2. The van der Waals surface area contributed by atoms with E-state index in [9.17, 15) is 18.0 Å². The van der Waals surface area contributed by atoms with Crippen molar-refractivity contribution in [2.24, 2.45) is 0 Å². The number of carbonyl (C=O) groups is 1. The van der Waals surface area contributed by atoms with Crippen molar-refractivity contribution in [3.05, 3.63) is 18.3 Å². The molecule has 0 aromatic carbocycles. The highest BCUT2D eigenvalue weighted by Gasteiger charge is 2.38. The van der Waals surface area contributed by atoms with Gasteiger partial charge in [-0.3, -0.25) is 4.79 Å². The van der Waals surface area contributed by atoms with E-state index in [1.807, 2.05) is 0 Å². The van der Waals surface area contributed by atoms with Crippen molar-refractivity contribution in [2.75, 3.05) is 37.0 Å². The molecule has 3 N–H and O–H groups in total. The topological polar surface area (TPSA) is 83.5 Å². The van der Waals surface area contributed by atoms with E-state index >= 15 is 0 Å². The first-order chi connectivity index (χ1) is 9.43. The minimum atomic E-state index is -4.93. The molecule has 9 heteroatoms. The van der Waals surface area contributed by atoms with Crippen LogP contribution in [0.3, 0.4) is 0 Å². The fourth-order valence-corrected chi connectivity index (χ4v) is 1.19. The van der Waals surface area contributed by atoms with Crippen LogP contribution in [0.15, 0.2) is 18.3 Å². The molecule has 112 valence electrons. The number of nitrogens with one attached hydrogen (secondary N) is 2. The van der Waals surface area contributed by atoms with Crippen LogP contribution in [0.2, 0.25) is 0 Å². The zero-order chi connectivity index (χ0) is 15.0. The van der Waals surface area contributed by atoms with Gasteiger partial charge in [-0.1, -0.05) is 0 Å². The number of rotatable bonds is 7. The maximum atomic E-state index is 12.0. The van der Waals surface area contributed by atoms with Gasteiger partial charge in [-0.05, 0) is 12.1 Å². The molecule has 1 amide bonds. The lowest BCUT2D eigenvalue weighted by Gasteiger charge is -2.09. The molecule has 0 radical (unpaired) electrons. The van der Waals surface area contributed by atoms with E-state index in [1.165, 1.54) is 12.1 Å². The van der Waals surface area contributed by atoms with Gasteiger partial charge in [0.1, 0.15) is 5.82 Å². The van der Waals surface area contributed by atoms with Crippen LogP contribution >= 0.6 is 0 Å². The number of anilines is 2. The van der Waals surface area contributed by atoms with E-state index in [0.717, 1.165) is 6.20 Å². The highest BCUT2D eigenvalue weighted by atomic mass is 19.4. The summed E-state index contributed by atoms with van der Waals surface area (Å²) in [5.74, 6) is -1.61. The summed E-state index contributed by atoms with van der Waals surface area (Å²) < 4.78 is 41.0. The van der Waals surface area contributed by atoms with Crippen LogP contribution in [0.25, 0.3) is 0 Å². The molecule has 0 saturated heterocycles. The van der Waals surface area contributed by atoms with Crippen molar-refractivity contribution < 1.29 is 27.8 Å². The fourth-order valence-electron chi connectivity index (χ4n) is 1.19. The molecule has 0 unspecified atom stereocenters. The van der Waals surface area contributed by atoms with Gasteiger partial charge in [0.05, 0.1) is 31.7 Å². The van der Waals surface area contributed by atoms with Crippen LogP contribution < -0.4 is 10.6 Å². The molecular formula is C11H14F3N3O3. The van der Waals surface area contributed by atoms with Crippen LogP contribution in [0.5, 0.6) is 0 Å². The molecule has 1 heterocycles. The van der Waals surface area contributed by atoms with E-state index in [1.54, 1.807) is 5.32 Å². The van der Waals surface area contributed by atoms with Crippen LogP contribution in [0, 0.1) is 0 Å². The average Bonchev–Trinajstić information content (AvgIpc) is 2.39. The van der Waals surface area contributed by atoms with Gasteiger partial charge in [0.25, 0.3) is 0 Å². The van der Waals surface area contributed by atoms with Crippen LogP contribution in [-0.4, -0.2) is 48.5 Å². The second-order valence-corrected chi connectivity index (χ2v) is 3.65. The largest absolute Gasteiger partial charge is 0.471 e. The number of pyridine rings is 1. The van der Waals surface area contributed by atoms with Gasteiger partial charge < -0.3 is 20.5 Å². The van der Waals surface area contributed by atoms with Crippen molar-refractivity contribution in [1.29, 1.82) is 0 Å². The van der Waals surface area contributed by atoms with Gasteiger partial charge >= 0.3 is 12.1 Å². The standard InChI is InChI=1S/C11H14F3N3O3/c12-11(13,14)10(19)17-8-1-2-9(16-7-8)15-3-5-20-6-4-18/h1-2,7,18H,3-6H2,(H,15,16)(H,17,19). The van der Waals surface area contributed by atoms with E-state index < -0.39 is 12.1 Å². The van der Waals surface area contributed by atoms with Crippen molar-refractivity contribution in [1.82, 2.24) is 4.98 Å². The highest BCUT2D eigenvalue weighted by molar-refractivity contribution is 5.94. The Morgan fingerprint density at radius 3 is 2.65 bits per heavy atom. The summed E-state index contributed by atoms with van der Waals surface area (Å²) in [6.07, 6.45) is -3.82. The number of nitrogens with zero attached hydrogens (tertiary/aromatic N) is 1. The van der Waals surface area contributed by atoms with Gasteiger partial charge in [0.2, 0.25) is 0 Å². The summed E-state index contributed by atoms with van der Waals surface area (Å²) in [7, 11) is 0. The Morgan fingerprint density at radius 1 is 1.35 bits per heavy atom. The first-order valence-corrected chi connectivity index (χ1v) is 5.70. The second-order valence-electron chi connectivity index (χ2n) is 3.65. The lowest BCUT2D eigenvalue weighted by Crippen LogP contribution is -2.29. The first-order valence-electron chi connectivity index (χ1n) is 5.70. The number of amides is 1. The molecule has 0 fully saturated rings. The number of halogens is 3. The molecule has 1 aromatic rings. The fraction of sp³-hybridized carbons (Fsp3) is 0.455. The van der Waals surface area contributed by atoms with Crippen molar-refractivity contribution in [3.63, 3.8) is 0 Å². The number of aliphatic hydroxyl groups is 1. The number of hydrogen-bond acceptors (Lipinski definition) is 5. The van der Waals surface area contributed by atoms with E-state index in [4.69, 9.17) is 9.84 Å². The molecule has 6 nitrogen and oxygen atoms in total. The van der Waals surface area contributed by atoms with Crippen molar-refractivity contribution in [2.45, 2.75) is 6.18 Å². The van der Waals surface area contributed by atoms with Crippen molar-refractivity contribution >= 4 is 17.4 Å². The third-order valence-corrected chi connectivity index (χ3v) is 2.07. The normalized spacial score (nSPS) is 11.2. The lowest BCUT2D eigenvalue weighted by molar-refractivity contribution is -0.167. The third kappa shape index (κ3) is 5.85. The van der Waals surface area contributed by atoms with Crippen LogP contribution in [-0.2, 0) is 9.53 Å². The number of aromatic nitrogens is 1. The van der Waals surface area contributed by atoms with E-state index in [-0.39, 0.29) is 18.9 Å². The molecule has 0 aliphatic heterocycles. The second kappa shape index (κ2) is 7.65. The molecule has 0 bridgehead atoms. The summed E-state index contributed by atoms with van der Waals surface area (Å²) in [6.45, 7) is 0.958. The number of hydrogen-bond donors (Lipinski definition) is 3. The zero-order valence-corrected chi connectivity index (χ0v) is 10.4. The number of aliphatic hydroxyl groups excluding tert-OH is 1. The monoisotopic (exact) mass is 293 g/mol. The summed E-state index contributed by atoms with van der Waals surface area (Å²) in [4.78, 5) is 14.5. The Morgan fingerprint density at radius 2 is 2.10 bits per heavy atom. The Labute approximate surface area is 113 Å². The van der Waals surface area contributed by atoms with Crippen LogP contribution in [0.1, 0.15) is 0 Å². The Kier molecular flexibility index (Phi) is 6.19. The maximum absolute atomic E-state index is 12.0. The Balaban J connectivity index is 2.39. The Hall–Kier alpha value is -1.87. The molecule has 20 heavy (non-hydrogen) atoms. The van der Waals surface area contributed by atoms with Crippen LogP contribution in [0.4, 0.5) is 24.7 Å². The molecule has 0 spiro atoms. The molecule has 0 aliphatic carbocycles. The maximum Gasteiger partial charge on any atom is 0.471 e. The molecule has 0 aliphatic rings. The molecule has 1 aromatic heterocycles. The summed E-state index contributed by atoms with van der Waals surface area (Å²) in [5, 5.41) is 13.0.